The summed E-state index contributed by atoms with van der Waals surface area (Å²) in [7, 11) is 1.20. The Hall–Kier alpha value is -3.07. The van der Waals surface area contributed by atoms with Crippen molar-refractivity contribution in [3.8, 4) is 11.4 Å². The molecule has 0 bridgehead atoms. The Morgan fingerprint density at radius 3 is 2.60 bits per heavy atom. The first kappa shape index (κ1) is 21.6. The number of methoxy groups -OCH3 is 1. The highest BCUT2D eigenvalue weighted by Crippen LogP contribution is 2.38. The third kappa shape index (κ3) is 4.91. The smallest absolute Gasteiger partial charge is 0.420 e. The summed E-state index contributed by atoms with van der Waals surface area (Å²) in [5, 5.41) is 17.5. The molecule has 160 valence electrons. The van der Waals surface area contributed by atoms with Gasteiger partial charge in [-0.1, -0.05) is 6.92 Å². The second-order valence-corrected chi connectivity index (χ2v) is 6.89. The molecule has 0 saturated heterocycles. The fourth-order valence-corrected chi connectivity index (χ4v) is 3.05. The Morgan fingerprint density at radius 1 is 1.20 bits per heavy atom. The molecule has 30 heavy (non-hydrogen) atoms. The van der Waals surface area contributed by atoms with Gasteiger partial charge in [0.15, 0.2) is 5.82 Å². The molecule has 9 heteroatoms. The predicted octanol–water partition coefficient (Wildman–Crippen LogP) is 4.66. The molecule has 0 saturated carbocycles. The van der Waals surface area contributed by atoms with Gasteiger partial charge < -0.3 is 15.2 Å². The van der Waals surface area contributed by atoms with Crippen molar-refractivity contribution >= 4 is 11.5 Å². The number of aliphatic hydroxyl groups excluding tert-OH is 1. The summed E-state index contributed by atoms with van der Waals surface area (Å²) in [4.78, 5) is 4.17. The van der Waals surface area contributed by atoms with E-state index in [2.05, 4.69) is 15.4 Å². The Labute approximate surface area is 172 Å². The third-order valence-corrected chi connectivity index (χ3v) is 4.60. The lowest BCUT2D eigenvalue weighted by Gasteiger charge is -2.13. The first-order valence-corrected chi connectivity index (χ1v) is 9.43. The van der Waals surface area contributed by atoms with E-state index in [0.29, 0.717) is 18.7 Å². The number of pyridine rings is 1. The zero-order chi connectivity index (χ0) is 21.9. The fourth-order valence-electron chi connectivity index (χ4n) is 3.05. The van der Waals surface area contributed by atoms with Crippen LogP contribution in [-0.4, -0.2) is 33.1 Å². The first-order chi connectivity index (χ1) is 14.2. The van der Waals surface area contributed by atoms with Crippen LogP contribution in [0.2, 0.25) is 0 Å². The molecule has 3 aromatic rings. The molecule has 0 fully saturated rings. The monoisotopic (exact) mass is 420 g/mol. The maximum absolute atomic E-state index is 13.3. The highest BCUT2D eigenvalue weighted by molar-refractivity contribution is 5.60. The molecule has 0 radical (unpaired) electrons. The summed E-state index contributed by atoms with van der Waals surface area (Å²) in [5.41, 5.74) is 1.62. The molecule has 2 heterocycles. The maximum Gasteiger partial charge on any atom is 0.420 e. The zero-order valence-electron chi connectivity index (χ0n) is 16.9. The number of aryl methyl sites for hydroxylation is 1. The highest BCUT2D eigenvalue weighted by Gasteiger charge is 2.34. The Bertz CT molecular complexity index is 1020. The molecule has 0 unspecified atom stereocenters. The number of nitrogens with zero attached hydrogens (tertiary/aromatic N) is 3. The first-order valence-electron chi connectivity index (χ1n) is 9.43. The van der Waals surface area contributed by atoms with Gasteiger partial charge in [-0.2, -0.15) is 13.2 Å². The van der Waals surface area contributed by atoms with Crippen LogP contribution in [0.5, 0.6) is 5.75 Å². The number of hydrogen-bond acceptors (Lipinski definition) is 5. The van der Waals surface area contributed by atoms with Crippen molar-refractivity contribution in [3.63, 3.8) is 0 Å². The van der Waals surface area contributed by atoms with Gasteiger partial charge in [-0.05, 0) is 43.7 Å². The Morgan fingerprint density at radius 2 is 1.97 bits per heavy atom. The van der Waals surface area contributed by atoms with Gasteiger partial charge in [0.25, 0.3) is 0 Å². The van der Waals surface area contributed by atoms with E-state index in [1.165, 1.54) is 19.2 Å². The van der Waals surface area contributed by atoms with Crippen molar-refractivity contribution in [2.24, 2.45) is 0 Å². The molecular formula is C21H23F3N4O2. The average Bonchev–Trinajstić information content (AvgIpc) is 3.09. The van der Waals surface area contributed by atoms with Crippen molar-refractivity contribution in [2.75, 3.05) is 12.4 Å². The standard InChI is InChI=1S/C21H23F3N4O2/c1-4-17(29)11-16-12-20(27-28(16)15-7-8-25-13(2)9-15)26-14-5-6-19(30-3)18(10-14)21(22,23)24/h5-10,12,17,29H,4,11H2,1-3H3,(H,26,27)/t17-/m0/s1. The molecule has 2 N–H and O–H groups in total. The van der Waals surface area contributed by atoms with E-state index in [1.807, 2.05) is 19.9 Å². The van der Waals surface area contributed by atoms with Crippen LogP contribution < -0.4 is 10.1 Å². The molecule has 1 aromatic carbocycles. The van der Waals surface area contributed by atoms with Crippen molar-refractivity contribution in [1.29, 1.82) is 0 Å². The van der Waals surface area contributed by atoms with Crippen molar-refractivity contribution < 1.29 is 23.0 Å². The Balaban J connectivity index is 1.98. The molecule has 0 aliphatic carbocycles. The molecule has 2 aromatic heterocycles. The predicted molar refractivity (Wildman–Crippen MR) is 107 cm³/mol. The number of aliphatic hydroxyl groups is 1. The third-order valence-electron chi connectivity index (χ3n) is 4.60. The molecular weight excluding hydrogens is 397 g/mol. The SMILES string of the molecule is CC[C@H](O)Cc1cc(Nc2ccc(OC)c(C(F)(F)F)c2)nn1-c1ccnc(C)c1. The summed E-state index contributed by atoms with van der Waals surface area (Å²) >= 11 is 0. The number of ether oxygens (including phenoxy) is 1. The van der Waals surface area contributed by atoms with E-state index < -0.39 is 17.8 Å². The number of aromatic nitrogens is 3. The van der Waals surface area contributed by atoms with Crippen LogP contribution in [-0.2, 0) is 12.6 Å². The largest absolute Gasteiger partial charge is 0.496 e. The van der Waals surface area contributed by atoms with Crippen molar-refractivity contribution in [2.45, 2.75) is 39.0 Å². The fraction of sp³-hybridized carbons (Fsp3) is 0.333. The van der Waals surface area contributed by atoms with E-state index in [4.69, 9.17) is 4.74 Å². The van der Waals surface area contributed by atoms with Gasteiger partial charge >= 0.3 is 6.18 Å². The zero-order valence-corrected chi connectivity index (χ0v) is 16.9. The number of hydrogen-bond donors (Lipinski definition) is 2. The Kier molecular flexibility index (Phi) is 6.31. The lowest BCUT2D eigenvalue weighted by atomic mass is 10.1. The lowest BCUT2D eigenvalue weighted by molar-refractivity contribution is -0.138. The molecule has 0 spiro atoms. The van der Waals surface area contributed by atoms with Gasteiger partial charge in [-0.3, -0.25) is 4.98 Å². The minimum Gasteiger partial charge on any atom is -0.496 e. The van der Waals surface area contributed by atoms with Crippen molar-refractivity contribution in [3.05, 3.63) is 59.5 Å². The number of rotatable bonds is 7. The molecule has 3 rings (SSSR count). The number of alkyl halides is 3. The second kappa shape index (κ2) is 8.74. The number of anilines is 2. The summed E-state index contributed by atoms with van der Waals surface area (Å²) in [6.45, 7) is 3.72. The average molecular weight is 420 g/mol. The van der Waals surface area contributed by atoms with Gasteiger partial charge in [0.2, 0.25) is 0 Å². The minimum atomic E-state index is -4.55. The van der Waals surface area contributed by atoms with Crippen molar-refractivity contribution in [1.82, 2.24) is 14.8 Å². The highest BCUT2D eigenvalue weighted by atomic mass is 19.4. The summed E-state index contributed by atoms with van der Waals surface area (Å²) in [6.07, 6.45) is -2.54. The molecule has 1 atom stereocenters. The summed E-state index contributed by atoms with van der Waals surface area (Å²) in [6, 6.07) is 9.07. The van der Waals surface area contributed by atoms with Crippen LogP contribution in [0.3, 0.4) is 0 Å². The van der Waals surface area contributed by atoms with Gasteiger partial charge in [0.05, 0.1) is 24.5 Å². The maximum atomic E-state index is 13.3. The van der Waals surface area contributed by atoms with Crippen LogP contribution in [0.4, 0.5) is 24.7 Å². The van der Waals surface area contributed by atoms with E-state index in [1.54, 1.807) is 23.0 Å². The second-order valence-electron chi connectivity index (χ2n) is 6.89. The van der Waals surface area contributed by atoms with Gasteiger partial charge in [0, 0.05) is 35.8 Å². The van der Waals surface area contributed by atoms with Crippen LogP contribution in [0.1, 0.15) is 30.3 Å². The van der Waals surface area contributed by atoms with Crippen LogP contribution in [0.15, 0.2) is 42.6 Å². The van der Waals surface area contributed by atoms with E-state index in [9.17, 15) is 18.3 Å². The molecule has 0 aliphatic heterocycles. The number of nitrogens with one attached hydrogen (secondary N) is 1. The summed E-state index contributed by atoms with van der Waals surface area (Å²) < 4.78 is 46.4. The van der Waals surface area contributed by atoms with Crippen LogP contribution >= 0.6 is 0 Å². The normalized spacial score (nSPS) is 12.6. The van der Waals surface area contributed by atoms with Crippen LogP contribution in [0, 0.1) is 6.92 Å². The van der Waals surface area contributed by atoms with Gasteiger partial charge in [0.1, 0.15) is 5.75 Å². The van der Waals surface area contributed by atoms with Gasteiger partial charge in [-0.25, -0.2) is 4.68 Å². The molecule has 0 amide bonds. The number of halogens is 3. The minimum absolute atomic E-state index is 0.223. The van der Waals surface area contributed by atoms with Gasteiger partial charge in [-0.15, -0.1) is 5.10 Å². The summed E-state index contributed by atoms with van der Waals surface area (Å²) in [5.74, 6) is 0.110. The van der Waals surface area contributed by atoms with Crippen LogP contribution in [0.25, 0.3) is 5.69 Å². The molecule has 0 aliphatic rings. The molecule has 6 nitrogen and oxygen atoms in total. The topological polar surface area (TPSA) is 72.2 Å². The van der Waals surface area contributed by atoms with E-state index in [-0.39, 0.29) is 11.4 Å². The quantitative estimate of drug-likeness (QED) is 0.582. The number of benzene rings is 1. The van der Waals surface area contributed by atoms with E-state index >= 15 is 0 Å². The van der Waals surface area contributed by atoms with E-state index in [0.717, 1.165) is 23.1 Å². The lowest BCUT2D eigenvalue weighted by Crippen LogP contribution is -2.12.